The Hall–Kier alpha value is -0.340. The Morgan fingerprint density at radius 3 is 2.09 bits per heavy atom. The zero-order chi connectivity index (χ0) is 23.5. The van der Waals surface area contributed by atoms with Gasteiger partial charge < -0.3 is 10.2 Å². The Labute approximate surface area is 197 Å². The zero-order valence-corrected chi connectivity index (χ0v) is 22.0. The maximum Gasteiger partial charge on any atom is 0.0624 e. The first-order chi connectivity index (χ1) is 14.7. The zero-order valence-electron chi connectivity index (χ0n) is 22.0. The van der Waals surface area contributed by atoms with Crippen LogP contribution in [0.3, 0.4) is 0 Å². The molecule has 0 aromatic rings. The molecule has 5 aliphatic carbocycles. The van der Waals surface area contributed by atoms with Crippen molar-refractivity contribution in [3.8, 4) is 0 Å². The number of hydrogen-bond acceptors (Lipinski definition) is 2. The molecule has 5 saturated carbocycles. The summed E-state index contributed by atoms with van der Waals surface area (Å²) in [6.07, 6.45) is 10.2. The molecule has 0 spiro atoms. The molecule has 5 rings (SSSR count). The molecule has 2 heteroatoms. The summed E-state index contributed by atoms with van der Waals surface area (Å²) in [5, 5.41) is 22.4. The van der Waals surface area contributed by atoms with E-state index in [4.69, 9.17) is 0 Å². The Bertz CT molecular complexity index is 801. The molecule has 11 atom stereocenters. The van der Waals surface area contributed by atoms with Crippen LogP contribution < -0.4 is 0 Å². The molecule has 2 N–H and O–H groups in total. The summed E-state index contributed by atoms with van der Waals surface area (Å²) in [5.41, 5.74) is 2.32. The first-order valence-electron chi connectivity index (χ1n) is 13.7. The van der Waals surface area contributed by atoms with Crippen LogP contribution in [0, 0.1) is 56.7 Å². The third-order valence-corrected chi connectivity index (χ3v) is 13.6. The second-order valence-corrected chi connectivity index (χ2v) is 14.8. The largest absolute Gasteiger partial charge is 0.392 e. The number of aliphatic hydroxyl groups is 2. The molecule has 0 amide bonds. The quantitative estimate of drug-likeness (QED) is 0.429. The first-order valence-corrected chi connectivity index (χ1v) is 13.7. The van der Waals surface area contributed by atoms with Gasteiger partial charge in [-0.1, -0.05) is 53.7 Å². The highest BCUT2D eigenvalue weighted by Gasteiger charge is 2.71. The first kappa shape index (κ1) is 23.4. The summed E-state index contributed by atoms with van der Waals surface area (Å²) in [7, 11) is 0. The smallest absolute Gasteiger partial charge is 0.0624 e. The van der Waals surface area contributed by atoms with E-state index in [-0.39, 0.29) is 22.3 Å². The van der Waals surface area contributed by atoms with Crippen molar-refractivity contribution in [1.29, 1.82) is 0 Å². The van der Waals surface area contributed by atoms with Gasteiger partial charge in [-0.3, -0.25) is 0 Å². The van der Waals surface area contributed by atoms with E-state index in [9.17, 15) is 10.2 Å². The van der Waals surface area contributed by atoms with Crippen molar-refractivity contribution in [3.63, 3.8) is 0 Å². The molecule has 32 heavy (non-hydrogen) atoms. The van der Waals surface area contributed by atoms with Gasteiger partial charge in [-0.2, -0.15) is 0 Å². The lowest BCUT2D eigenvalue weighted by Gasteiger charge is -2.73. The minimum Gasteiger partial charge on any atom is -0.392 e. The minimum absolute atomic E-state index is 0.0894. The maximum absolute atomic E-state index is 11.5. The fourth-order valence-electron chi connectivity index (χ4n) is 11.4. The molecule has 5 aliphatic rings. The average Bonchev–Trinajstić information content (AvgIpc) is 3.05. The van der Waals surface area contributed by atoms with Gasteiger partial charge in [0, 0.05) is 11.8 Å². The highest BCUT2D eigenvalue weighted by molar-refractivity contribution is 5.22. The van der Waals surface area contributed by atoms with Crippen LogP contribution >= 0.6 is 0 Å². The van der Waals surface area contributed by atoms with Crippen LogP contribution in [0.4, 0.5) is 0 Å². The molecular formula is C30H50O2. The Kier molecular flexibility index (Phi) is 5.02. The molecule has 0 aromatic carbocycles. The van der Waals surface area contributed by atoms with Gasteiger partial charge in [-0.05, 0) is 110 Å². The van der Waals surface area contributed by atoms with Gasteiger partial charge in [0.1, 0.15) is 0 Å². The van der Waals surface area contributed by atoms with E-state index in [2.05, 4.69) is 55.0 Å². The number of hydrogen-bond donors (Lipinski definition) is 2. The van der Waals surface area contributed by atoms with Crippen molar-refractivity contribution >= 4 is 0 Å². The van der Waals surface area contributed by atoms with Gasteiger partial charge in [0.15, 0.2) is 0 Å². The van der Waals surface area contributed by atoms with Crippen molar-refractivity contribution in [2.24, 2.45) is 56.7 Å². The van der Waals surface area contributed by atoms with Crippen LogP contribution in [0.25, 0.3) is 0 Å². The Balaban J connectivity index is 1.57. The van der Waals surface area contributed by atoms with E-state index in [1.165, 1.54) is 50.5 Å². The van der Waals surface area contributed by atoms with E-state index in [0.717, 1.165) is 18.3 Å². The van der Waals surface area contributed by atoms with Gasteiger partial charge in [0.25, 0.3) is 0 Å². The highest BCUT2D eigenvalue weighted by Crippen LogP contribution is 2.77. The summed E-state index contributed by atoms with van der Waals surface area (Å²) >= 11 is 0. The van der Waals surface area contributed by atoms with Crippen LogP contribution in [0.15, 0.2) is 12.2 Å². The maximum atomic E-state index is 11.5. The van der Waals surface area contributed by atoms with Gasteiger partial charge >= 0.3 is 0 Å². The average molecular weight is 443 g/mol. The molecule has 0 saturated heterocycles. The molecule has 0 aromatic heterocycles. The third-order valence-electron chi connectivity index (χ3n) is 13.6. The fourth-order valence-corrected chi connectivity index (χ4v) is 11.4. The summed E-state index contributed by atoms with van der Waals surface area (Å²) in [4.78, 5) is 0. The lowest BCUT2D eigenvalue weighted by atomic mass is 9.32. The molecule has 0 bridgehead atoms. The van der Waals surface area contributed by atoms with Gasteiger partial charge in [0.05, 0.1) is 12.2 Å². The monoisotopic (exact) mass is 442 g/mol. The van der Waals surface area contributed by atoms with E-state index in [1.807, 2.05) is 0 Å². The molecule has 182 valence electrons. The lowest BCUT2D eigenvalue weighted by Crippen LogP contribution is -2.69. The van der Waals surface area contributed by atoms with Crippen molar-refractivity contribution in [3.05, 3.63) is 12.2 Å². The van der Waals surface area contributed by atoms with E-state index < -0.39 is 6.10 Å². The van der Waals surface area contributed by atoms with Crippen LogP contribution in [0.2, 0.25) is 0 Å². The number of aliphatic hydroxyl groups excluding tert-OH is 2. The SMILES string of the molecule is C=C(C)[C@H]1CC[C@@]2(C)CC[C@@]3(C)[C@@H](CC[C@H]4[C@@]5(C)[C@H](CC[C@@]43C)C(C)(C)[C@H](O)C[C@@H]5O)[C@H]12. The normalized spacial score (nSPS) is 58.8. The number of rotatable bonds is 1. The Morgan fingerprint density at radius 1 is 0.750 bits per heavy atom. The topological polar surface area (TPSA) is 40.5 Å². The van der Waals surface area contributed by atoms with Crippen LogP contribution in [-0.2, 0) is 0 Å². The van der Waals surface area contributed by atoms with E-state index in [0.29, 0.717) is 35.0 Å². The molecule has 0 heterocycles. The molecule has 2 nitrogen and oxygen atoms in total. The lowest BCUT2D eigenvalue weighted by molar-refractivity contribution is -0.273. The van der Waals surface area contributed by atoms with Crippen LogP contribution in [0.5, 0.6) is 0 Å². The van der Waals surface area contributed by atoms with Crippen LogP contribution in [0.1, 0.15) is 106 Å². The van der Waals surface area contributed by atoms with Crippen LogP contribution in [-0.4, -0.2) is 22.4 Å². The van der Waals surface area contributed by atoms with Crippen molar-refractivity contribution < 1.29 is 10.2 Å². The number of allylic oxidation sites excluding steroid dienone is 1. The third kappa shape index (κ3) is 2.61. The molecule has 0 radical (unpaired) electrons. The van der Waals surface area contributed by atoms with Gasteiger partial charge in [-0.15, -0.1) is 0 Å². The standard InChI is InChI=1S/C30H50O2/c1-18(2)19-11-13-27(5)15-16-28(6)20(25(19)27)9-10-22-29(28,7)14-12-21-26(3,4)23(31)17-24(32)30(21,22)8/h19-25,31-32H,1,9-17H2,2-8H3/t19-,20+,21-,22-,23-,24+,25+,27+,28+,29+,30-/m1/s1. The molecule has 5 fully saturated rings. The highest BCUT2D eigenvalue weighted by atomic mass is 16.3. The molecule has 0 unspecified atom stereocenters. The summed E-state index contributed by atoms with van der Waals surface area (Å²) in [6.45, 7) is 21.6. The second kappa shape index (κ2) is 6.87. The van der Waals surface area contributed by atoms with Crippen molar-refractivity contribution in [1.82, 2.24) is 0 Å². The molecule has 0 aliphatic heterocycles. The molecular weight excluding hydrogens is 392 g/mol. The summed E-state index contributed by atoms with van der Waals surface area (Å²) < 4.78 is 0. The fraction of sp³-hybridized carbons (Fsp3) is 0.933. The summed E-state index contributed by atoms with van der Waals surface area (Å²) in [5.74, 6) is 3.22. The Morgan fingerprint density at radius 2 is 1.44 bits per heavy atom. The van der Waals surface area contributed by atoms with Gasteiger partial charge in [0.2, 0.25) is 0 Å². The van der Waals surface area contributed by atoms with E-state index >= 15 is 0 Å². The van der Waals surface area contributed by atoms with E-state index in [1.54, 1.807) is 0 Å². The summed E-state index contributed by atoms with van der Waals surface area (Å²) in [6, 6.07) is 0. The predicted molar refractivity (Wildman–Crippen MR) is 132 cm³/mol. The van der Waals surface area contributed by atoms with Gasteiger partial charge in [-0.25, -0.2) is 0 Å². The second-order valence-electron chi connectivity index (χ2n) is 14.8. The van der Waals surface area contributed by atoms with Crippen molar-refractivity contribution in [2.45, 2.75) is 118 Å². The predicted octanol–water partition coefficient (Wildman–Crippen LogP) is 7.00. The number of fused-ring (bicyclic) bond motifs is 7. The minimum atomic E-state index is -0.392. The van der Waals surface area contributed by atoms with Crippen molar-refractivity contribution in [2.75, 3.05) is 0 Å².